The van der Waals surface area contributed by atoms with Crippen molar-refractivity contribution < 1.29 is 29.2 Å². The summed E-state index contributed by atoms with van der Waals surface area (Å²) in [4.78, 5) is 11.4. The number of halogens is 1. The van der Waals surface area contributed by atoms with Crippen LogP contribution in [0, 0.1) is 46.3 Å². The fraction of sp³-hybridized carbons (Fsp3) is 0.963. The van der Waals surface area contributed by atoms with Gasteiger partial charge >= 0.3 is 5.97 Å². The van der Waals surface area contributed by atoms with E-state index in [0.29, 0.717) is 36.0 Å². The van der Waals surface area contributed by atoms with Crippen molar-refractivity contribution in [3.05, 3.63) is 0 Å². The SMILES string of the molecule is CC(F)C(=O)OCCCC(C)C1CCC2C3C(O)CC4CC(O)CCC4(C)C3CC(O)C12C. The van der Waals surface area contributed by atoms with Gasteiger partial charge in [-0.2, -0.15) is 0 Å². The number of alkyl halides is 1. The molecule has 0 aromatic heterocycles. The number of hydrogen-bond donors (Lipinski definition) is 3. The fourth-order valence-electron chi connectivity index (χ4n) is 9.03. The Balaban J connectivity index is 1.46. The number of rotatable bonds is 6. The summed E-state index contributed by atoms with van der Waals surface area (Å²) in [5, 5.41) is 33.2. The van der Waals surface area contributed by atoms with E-state index < -0.39 is 18.2 Å². The molecular formula is C27H45FO5. The minimum Gasteiger partial charge on any atom is -0.464 e. The number of aliphatic hydroxyl groups excluding tert-OH is 3. The minimum absolute atomic E-state index is 0.0899. The average Bonchev–Trinajstić information content (AvgIpc) is 3.11. The molecule has 0 saturated heterocycles. The highest BCUT2D eigenvalue weighted by atomic mass is 19.1. The lowest BCUT2D eigenvalue weighted by Gasteiger charge is -2.63. The van der Waals surface area contributed by atoms with Crippen LogP contribution in [0.1, 0.15) is 85.5 Å². The number of esters is 1. The van der Waals surface area contributed by atoms with Gasteiger partial charge < -0.3 is 20.1 Å². The number of fused-ring (bicyclic) bond motifs is 5. The van der Waals surface area contributed by atoms with E-state index in [1.807, 2.05) is 0 Å². The fourth-order valence-corrected chi connectivity index (χ4v) is 9.03. The van der Waals surface area contributed by atoms with Gasteiger partial charge in [0.2, 0.25) is 0 Å². The highest BCUT2D eigenvalue weighted by Gasteiger charge is 2.65. The molecule has 0 heterocycles. The predicted octanol–water partition coefficient (Wildman–Crippen LogP) is 4.27. The van der Waals surface area contributed by atoms with Crippen molar-refractivity contribution in [1.29, 1.82) is 0 Å². The quantitative estimate of drug-likeness (QED) is 0.400. The zero-order valence-corrected chi connectivity index (χ0v) is 20.9. The number of carbonyl (C=O) groups is 1. The van der Waals surface area contributed by atoms with Crippen molar-refractivity contribution in [3.8, 4) is 0 Å². The largest absolute Gasteiger partial charge is 0.464 e. The summed E-state index contributed by atoms with van der Waals surface area (Å²) >= 11 is 0. The molecule has 0 spiro atoms. The lowest BCUT2D eigenvalue weighted by Crippen LogP contribution is -2.62. The van der Waals surface area contributed by atoms with E-state index in [2.05, 4.69) is 20.8 Å². The van der Waals surface area contributed by atoms with Gasteiger partial charge in [0.1, 0.15) is 0 Å². The Morgan fingerprint density at radius 2 is 1.79 bits per heavy atom. The summed E-state index contributed by atoms with van der Waals surface area (Å²) in [7, 11) is 0. The second kappa shape index (κ2) is 9.39. The molecule has 0 amide bonds. The Kier molecular flexibility index (Phi) is 7.22. The van der Waals surface area contributed by atoms with Crippen LogP contribution in [0.15, 0.2) is 0 Å². The van der Waals surface area contributed by atoms with Crippen LogP contribution < -0.4 is 0 Å². The Morgan fingerprint density at radius 3 is 2.48 bits per heavy atom. The summed E-state index contributed by atoms with van der Waals surface area (Å²) < 4.78 is 18.0. The standard InChI is InChI=1S/C27H45FO5/c1-15(6-5-11-33-25(32)16(2)28)19-7-8-20-24-21(14-23(31)27(19,20)4)26(3)10-9-18(29)12-17(26)13-22(24)30/h15-24,29-31H,5-14H2,1-4H3. The highest BCUT2D eigenvalue weighted by molar-refractivity contribution is 5.73. The van der Waals surface area contributed by atoms with Crippen LogP contribution in [0.3, 0.4) is 0 Å². The minimum atomic E-state index is -1.59. The number of aliphatic hydroxyl groups is 3. The van der Waals surface area contributed by atoms with Crippen molar-refractivity contribution in [1.82, 2.24) is 0 Å². The van der Waals surface area contributed by atoms with Crippen molar-refractivity contribution in [3.63, 3.8) is 0 Å². The van der Waals surface area contributed by atoms with Crippen LogP contribution in [0.25, 0.3) is 0 Å². The zero-order chi connectivity index (χ0) is 24.1. The first-order valence-corrected chi connectivity index (χ1v) is 13.3. The summed E-state index contributed by atoms with van der Waals surface area (Å²) in [6, 6.07) is 0. The average molecular weight is 469 g/mol. The summed E-state index contributed by atoms with van der Waals surface area (Å²) in [5.41, 5.74) is -0.129. The second-order valence-electron chi connectivity index (χ2n) is 12.4. The molecule has 4 aliphatic rings. The molecule has 12 unspecified atom stereocenters. The van der Waals surface area contributed by atoms with E-state index in [1.54, 1.807) is 0 Å². The molecule has 3 N–H and O–H groups in total. The number of hydrogen-bond acceptors (Lipinski definition) is 5. The van der Waals surface area contributed by atoms with Crippen LogP contribution in [0.2, 0.25) is 0 Å². The molecule has 4 rings (SSSR count). The third kappa shape index (κ3) is 4.27. The Morgan fingerprint density at radius 1 is 1.06 bits per heavy atom. The first kappa shape index (κ1) is 25.4. The molecule has 4 aliphatic carbocycles. The van der Waals surface area contributed by atoms with Gasteiger partial charge in [0.25, 0.3) is 0 Å². The third-order valence-electron chi connectivity index (χ3n) is 10.9. The van der Waals surface area contributed by atoms with Gasteiger partial charge in [0, 0.05) is 0 Å². The van der Waals surface area contributed by atoms with Crippen LogP contribution in [-0.4, -0.2) is 52.4 Å². The molecule has 0 aromatic rings. The molecule has 4 fully saturated rings. The van der Waals surface area contributed by atoms with E-state index in [0.717, 1.165) is 51.4 Å². The van der Waals surface area contributed by atoms with Gasteiger partial charge in [-0.05, 0) is 111 Å². The number of ether oxygens (including phenoxy) is 1. The van der Waals surface area contributed by atoms with Crippen LogP contribution >= 0.6 is 0 Å². The smallest absolute Gasteiger partial charge is 0.340 e. The predicted molar refractivity (Wildman–Crippen MR) is 124 cm³/mol. The van der Waals surface area contributed by atoms with Gasteiger partial charge in [-0.25, -0.2) is 9.18 Å². The molecule has 4 saturated carbocycles. The summed E-state index contributed by atoms with van der Waals surface area (Å²) in [6.45, 7) is 8.27. The molecule has 6 heteroatoms. The van der Waals surface area contributed by atoms with Gasteiger partial charge in [0.15, 0.2) is 6.17 Å². The molecule has 190 valence electrons. The summed E-state index contributed by atoms with van der Waals surface area (Å²) in [6.07, 6.45) is 5.19. The van der Waals surface area contributed by atoms with Gasteiger partial charge in [-0.1, -0.05) is 20.8 Å². The normalized spacial score (nSPS) is 48.8. The lowest BCUT2D eigenvalue weighted by atomic mass is 9.43. The van der Waals surface area contributed by atoms with Crippen molar-refractivity contribution >= 4 is 5.97 Å². The van der Waals surface area contributed by atoms with Crippen LogP contribution in [0.4, 0.5) is 4.39 Å². The zero-order valence-electron chi connectivity index (χ0n) is 20.9. The van der Waals surface area contributed by atoms with Crippen molar-refractivity contribution in [2.45, 2.75) is 110 Å². The molecule has 0 aliphatic heterocycles. The molecular weight excluding hydrogens is 423 g/mol. The molecule has 12 atom stereocenters. The second-order valence-corrected chi connectivity index (χ2v) is 12.4. The third-order valence-corrected chi connectivity index (χ3v) is 10.9. The Bertz CT molecular complexity index is 715. The van der Waals surface area contributed by atoms with E-state index in [4.69, 9.17) is 4.74 Å². The Labute approximate surface area is 198 Å². The maximum Gasteiger partial charge on any atom is 0.340 e. The highest BCUT2D eigenvalue weighted by Crippen LogP contribution is 2.68. The van der Waals surface area contributed by atoms with Crippen LogP contribution in [-0.2, 0) is 9.53 Å². The maximum atomic E-state index is 13.0. The monoisotopic (exact) mass is 468 g/mol. The van der Waals surface area contributed by atoms with Gasteiger partial charge in [-0.15, -0.1) is 0 Å². The number of carbonyl (C=O) groups excluding carboxylic acids is 1. The first-order chi connectivity index (χ1) is 15.5. The first-order valence-electron chi connectivity index (χ1n) is 13.3. The van der Waals surface area contributed by atoms with Gasteiger partial charge in [-0.3, -0.25) is 0 Å². The molecule has 33 heavy (non-hydrogen) atoms. The maximum absolute atomic E-state index is 13.0. The van der Waals surface area contributed by atoms with E-state index in [1.165, 1.54) is 6.92 Å². The molecule has 0 radical (unpaired) electrons. The molecule has 5 nitrogen and oxygen atoms in total. The van der Waals surface area contributed by atoms with E-state index in [-0.39, 0.29) is 35.6 Å². The topological polar surface area (TPSA) is 87.0 Å². The van der Waals surface area contributed by atoms with Gasteiger partial charge in [0.05, 0.1) is 24.9 Å². The Hall–Kier alpha value is -0.720. The molecule has 0 aromatic carbocycles. The van der Waals surface area contributed by atoms with Crippen molar-refractivity contribution in [2.75, 3.05) is 6.61 Å². The van der Waals surface area contributed by atoms with E-state index in [9.17, 15) is 24.5 Å². The van der Waals surface area contributed by atoms with Crippen LogP contribution in [0.5, 0.6) is 0 Å². The summed E-state index contributed by atoms with van der Waals surface area (Å²) in [5.74, 6) is 1.10. The molecule has 0 bridgehead atoms. The lowest BCUT2D eigenvalue weighted by molar-refractivity contribution is -0.207. The van der Waals surface area contributed by atoms with Crippen molar-refractivity contribution in [2.24, 2.45) is 46.3 Å². The van der Waals surface area contributed by atoms with E-state index >= 15 is 0 Å².